The van der Waals surface area contributed by atoms with E-state index in [1.54, 1.807) is 47.4 Å². The predicted octanol–water partition coefficient (Wildman–Crippen LogP) is 4.48. The lowest BCUT2D eigenvalue weighted by Crippen LogP contribution is -2.55. The molecule has 5 rings (SSSR count). The SMILES string of the molecule is COc1ccc(-c2nc3c(C(=O)N4CCN(C(CO)c5cccc(C#N)c5)C[C@H]4C)cnn3c(C(F)(F)F)c2C)cc1. The van der Waals surface area contributed by atoms with Gasteiger partial charge in [-0.1, -0.05) is 12.1 Å². The summed E-state index contributed by atoms with van der Waals surface area (Å²) in [6, 6.07) is 14.9. The fourth-order valence-corrected chi connectivity index (χ4v) is 5.56. The van der Waals surface area contributed by atoms with Crippen molar-refractivity contribution in [3.05, 3.63) is 82.7 Å². The van der Waals surface area contributed by atoms with Crippen molar-refractivity contribution in [3.8, 4) is 23.1 Å². The highest BCUT2D eigenvalue weighted by molar-refractivity contribution is 6.00. The molecule has 1 N–H and O–H groups in total. The lowest BCUT2D eigenvalue weighted by atomic mass is 10.0. The number of carbonyl (C=O) groups excluding carboxylic acids is 1. The molecule has 0 bridgehead atoms. The van der Waals surface area contributed by atoms with E-state index in [2.05, 4.69) is 16.2 Å². The van der Waals surface area contributed by atoms with Crippen molar-refractivity contribution >= 4 is 11.6 Å². The van der Waals surface area contributed by atoms with E-state index in [-0.39, 0.29) is 47.7 Å². The molecule has 0 spiro atoms. The van der Waals surface area contributed by atoms with E-state index in [0.29, 0.717) is 34.5 Å². The number of ether oxygens (including phenoxy) is 1. The third kappa shape index (κ3) is 5.29. The molecule has 1 amide bonds. The Hall–Kier alpha value is -4.47. The van der Waals surface area contributed by atoms with Gasteiger partial charge in [-0.25, -0.2) is 9.50 Å². The maximum Gasteiger partial charge on any atom is 0.433 e. The van der Waals surface area contributed by atoms with E-state index < -0.39 is 17.8 Å². The normalized spacial score (nSPS) is 16.8. The molecule has 2 aromatic carbocycles. The number of carbonyl (C=O) groups is 1. The van der Waals surface area contributed by atoms with Gasteiger partial charge in [-0.2, -0.15) is 23.5 Å². The minimum atomic E-state index is -4.75. The molecular formula is C30H29F3N6O3. The summed E-state index contributed by atoms with van der Waals surface area (Å²) in [5, 5.41) is 23.4. The molecule has 2 aromatic heterocycles. The number of aliphatic hydroxyl groups excluding tert-OH is 1. The van der Waals surface area contributed by atoms with E-state index in [0.717, 1.165) is 11.8 Å². The van der Waals surface area contributed by atoms with E-state index in [9.17, 15) is 28.3 Å². The molecule has 0 saturated carbocycles. The Morgan fingerprint density at radius 3 is 2.57 bits per heavy atom. The standard InChI is InChI=1S/C30H29F3N6O3/c1-18-16-37(25(17-40)22-6-4-5-20(13-22)14-34)11-12-38(18)29(41)24-15-35-39-27(30(31,32)33)19(2)26(36-28(24)39)21-7-9-23(42-3)10-8-21/h4-10,13,15,18,25,40H,11-12,16-17H2,1-3H3/t18-,25?/m1/s1. The first-order valence-electron chi connectivity index (χ1n) is 13.3. The van der Waals surface area contributed by atoms with Crippen molar-refractivity contribution in [2.24, 2.45) is 0 Å². The number of methoxy groups -OCH3 is 1. The van der Waals surface area contributed by atoms with E-state index in [1.807, 2.05) is 17.9 Å². The first-order chi connectivity index (χ1) is 20.1. The summed E-state index contributed by atoms with van der Waals surface area (Å²) in [4.78, 5) is 21.9. The molecule has 218 valence electrons. The second-order valence-corrected chi connectivity index (χ2v) is 10.2. The van der Waals surface area contributed by atoms with Crippen molar-refractivity contribution in [2.75, 3.05) is 33.4 Å². The predicted molar refractivity (Wildman–Crippen MR) is 148 cm³/mol. The van der Waals surface area contributed by atoms with Gasteiger partial charge in [-0.3, -0.25) is 9.69 Å². The van der Waals surface area contributed by atoms with Crippen LogP contribution in [0.5, 0.6) is 5.75 Å². The van der Waals surface area contributed by atoms with Gasteiger partial charge in [-0.15, -0.1) is 0 Å². The molecule has 1 saturated heterocycles. The Morgan fingerprint density at radius 1 is 1.21 bits per heavy atom. The first kappa shape index (κ1) is 29.0. The maximum absolute atomic E-state index is 14.3. The zero-order valence-corrected chi connectivity index (χ0v) is 23.3. The monoisotopic (exact) mass is 578 g/mol. The third-order valence-electron chi connectivity index (χ3n) is 7.68. The van der Waals surface area contributed by atoms with Crippen LogP contribution in [0.15, 0.2) is 54.7 Å². The number of hydrogen-bond acceptors (Lipinski definition) is 7. The van der Waals surface area contributed by atoms with Crippen LogP contribution in [0.3, 0.4) is 0 Å². The summed E-state index contributed by atoms with van der Waals surface area (Å²) >= 11 is 0. The van der Waals surface area contributed by atoms with Crippen LogP contribution in [0.4, 0.5) is 13.2 Å². The number of nitrogens with zero attached hydrogens (tertiary/aromatic N) is 6. The molecule has 12 heteroatoms. The van der Waals surface area contributed by atoms with Crippen molar-refractivity contribution in [2.45, 2.75) is 32.1 Å². The highest BCUT2D eigenvalue weighted by atomic mass is 19.4. The zero-order chi connectivity index (χ0) is 30.2. The second kappa shape index (κ2) is 11.4. The number of aliphatic hydroxyl groups is 1. The topological polar surface area (TPSA) is 107 Å². The number of alkyl halides is 3. The molecule has 1 unspecified atom stereocenters. The molecule has 3 heterocycles. The number of aromatic nitrogens is 3. The van der Waals surface area contributed by atoms with Crippen molar-refractivity contribution in [1.29, 1.82) is 5.26 Å². The Balaban J connectivity index is 1.48. The van der Waals surface area contributed by atoms with Gasteiger partial charge in [0.05, 0.1) is 43.3 Å². The van der Waals surface area contributed by atoms with Gasteiger partial charge in [0.25, 0.3) is 5.91 Å². The average molecular weight is 579 g/mol. The largest absolute Gasteiger partial charge is 0.497 e. The van der Waals surface area contributed by atoms with Crippen molar-refractivity contribution in [1.82, 2.24) is 24.4 Å². The molecular weight excluding hydrogens is 549 g/mol. The maximum atomic E-state index is 14.3. The fourth-order valence-electron chi connectivity index (χ4n) is 5.56. The van der Waals surface area contributed by atoms with E-state index in [1.165, 1.54) is 14.0 Å². The molecule has 1 fully saturated rings. The van der Waals surface area contributed by atoms with E-state index in [4.69, 9.17) is 4.74 Å². The number of fused-ring (bicyclic) bond motifs is 1. The number of nitriles is 1. The number of halogens is 3. The molecule has 1 aliphatic heterocycles. The van der Waals surface area contributed by atoms with E-state index >= 15 is 0 Å². The van der Waals surface area contributed by atoms with Crippen LogP contribution in [0.2, 0.25) is 0 Å². The third-order valence-corrected chi connectivity index (χ3v) is 7.68. The summed E-state index contributed by atoms with van der Waals surface area (Å²) in [5.74, 6) is 0.0671. The number of rotatable bonds is 6. The van der Waals surface area contributed by atoms with Gasteiger partial charge in [-0.05, 0) is 55.8 Å². The Bertz CT molecular complexity index is 1660. The smallest absolute Gasteiger partial charge is 0.433 e. The number of benzene rings is 2. The van der Waals surface area contributed by atoms with Crippen LogP contribution in [0, 0.1) is 18.3 Å². The van der Waals surface area contributed by atoms with Gasteiger partial charge in [0, 0.05) is 36.8 Å². The Kier molecular flexibility index (Phi) is 7.90. The minimum Gasteiger partial charge on any atom is -0.497 e. The van der Waals surface area contributed by atoms with Crippen molar-refractivity contribution in [3.63, 3.8) is 0 Å². The lowest BCUT2D eigenvalue weighted by Gasteiger charge is -2.43. The molecule has 2 atom stereocenters. The van der Waals surface area contributed by atoms with Crippen LogP contribution in [0.1, 0.15) is 45.7 Å². The number of piperazine rings is 1. The second-order valence-electron chi connectivity index (χ2n) is 10.2. The summed E-state index contributed by atoms with van der Waals surface area (Å²) < 4.78 is 48.8. The Morgan fingerprint density at radius 2 is 1.95 bits per heavy atom. The molecule has 9 nitrogen and oxygen atoms in total. The molecule has 0 aliphatic carbocycles. The van der Waals surface area contributed by atoms with Gasteiger partial charge in [0.2, 0.25) is 0 Å². The Labute approximate surface area is 240 Å². The first-order valence-corrected chi connectivity index (χ1v) is 13.3. The summed E-state index contributed by atoms with van der Waals surface area (Å²) in [6.45, 7) is 4.09. The minimum absolute atomic E-state index is 0.0315. The average Bonchev–Trinajstić information content (AvgIpc) is 3.39. The summed E-state index contributed by atoms with van der Waals surface area (Å²) in [5.41, 5.74) is 0.484. The quantitative estimate of drug-likeness (QED) is 0.360. The molecule has 1 aliphatic rings. The van der Waals surface area contributed by atoms with Gasteiger partial charge >= 0.3 is 6.18 Å². The van der Waals surface area contributed by atoms with Crippen LogP contribution in [-0.4, -0.2) is 74.8 Å². The van der Waals surface area contributed by atoms with Crippen LogP contribution in [0.25, 0.3) is 16.9 Å². The van der Waals surface area contributed by atoms with Crippen molar-refractivity contribution < 1.29 is 27.8 Å². The highest BCUT2D eigenvalue weighted by Gasteiger charge is 2.39. The van der Waals surface area contributed by atoms with Gasteiger partial charge in [0.15, 0.2) is 11.3 Å². The fraction of sp³-hybridized carbons (Fsp3) is 0.333. The van der Waals surface area contributed by atoms with Gasteiger partial charge in [0.1, 0.15) is 11.3 Å². The molecule has 42 heavy (non-hydrogen) atoms. The molecule has 4 aromatic rings. The van der Waals surface area contributed by atoms with Crippen LogP contribution in [-0.2, 0) is 6.18 Å². The highest BCUT2D eigenvalue weighted by Crippen LogP contribution is 2.37. The molecule has 0 radical (unpaired) electrons. The van der Waals surface area contributed by atoms with Gasteiger partial charge < -0.3 is 14.7 Å². The number of hydrogen-bond donors (Lipinski definition) is 1. The van der Waals surface area contributed by atoms with Crippen LogP contribution >= 0.6 is 0 Å². The van der Waals surface area contributed by atoms with Crippen LogP contribution < -0.4 is 4.74 Å². The summed E-state index contributed by atoms with van der Waals surface area (Å²) in [7, 11) is 1.49. The number of amides is 1. The summed E-state index contributed by atoms with van der Waals surface area (Å²) in [6.07, 6.45) is -3.61. The lowest BCUT2D eigenvalue weighted by molar-refractivity contribution is -0.143. The zero-order valence-electron chi connectivity index (χ0n) is 23.3.